The minimum Gasteiger partial charge on any atom is -0.497 e. The highest BCUT2D eigenvalue weighted by molar-refractivity contribution is 8.31. The molecule has 2 aromatic heterocycles. The summed E-state index contributed by atoms with van der Waals surface area (Å²) in [7, 11) is 10.9. The van der Waals surface area contributed by atoms with Crippen LogP contribution in [0.3, 0.4) is 0 Å². The van der Waals surface area contributed by atoms with Gasteiger partial charge in [-0.25, -0.2) is 19.6 Å². The first-order valence-electron chi connectivity index (χ1n) is 18.0. The van der Waals surface area contributed by atoms with Crippen molar-refractivity contribution in [3.63, 3.8) is 0 Å². The van der Waals surface area contributed by atoms with Crippen LogP contribution in [0.15, 0.2) is 48.8 Å². The van der Waals surface area contributed by atoms with Crippen molar-refractivity contribution in [2.24, 2.45) is 0 Å². The minimum absolute atomic E-state index is 0.123. The van der Waals surface area contributed by atoms with Crippen molar-refractivity contribution in [3.8, 4) is 23.0 Å². The number of rotatable bonds is 8. The molecule has 326 valence electrons. The van der Waals surface area contributed by atoms with Crippen LogP contribution >= 0.6 is 67.8 Å². The highest BCUT2D eigenvalue weighted by Gasteiger charge is 2.35. The number of carbonyl (C=O) groups excluding carboxylic acids is 2. The summed E-state index contributed by atoms with van der Waals surface area (Å²) in [6, 6.07) is 9.96. The Labute approximate surface area is 377 Å². The largest absolute Gasteiger partial charge is 0.497 e. The molecule has 22 heteroatoms. The molecule has 7 rings (SSSR count). The van der Waals surface area contributed by atoms with Crippen molar-refractivity contribution in [2.75, 3.05) is 74.3 Å². The van der Waals surface area contributed by atoms with Crippen molar-refractivity contribution >= 4 is 111 Å². The summed E-state index contributed by atoms with van der Waals surface area (Å²) < 4.78 is 44.5. The minimum atomic E-state index is -3.72. The summed E-state index contributed by atoms with van der Waals surface area (Å²) >= 11 is 24.9. The molecule has 4 amide bonds. The topological polar surface area (TPSA) is 153 Å². The van der Waals surface area contributed by atoms with Gasteiger partial charge in [-0.05, 0) is 38.8 Å². The van der Waals surface area contributed by atoms with Gasteiger partial charge in [-0.1, -0.05) is 46.4 Å². The number of nitrogens with zero attached hydrogens (tertiary/aromatic N) is 6. The predicted octanol–water partition coefficient (Wildman–Crippen LogP) is 10.2. The molecule has 0 radical (unpaired) electrons. The monoisotopic (exact) mass is 968 g/mol. The van der Waals surface area contributed by atoms with E-state index in [9.17, 15) is 9.59 Å². The maximum atomic E-state index is 13.1. The van der Waals surface area contributed by atoms with Crippen LogP contribution in [0.25, 0.3) is 0 Å². The maximum absolute atomic E-state index is 13.1. The standard InChI is InChI=1S/C17H16Cl3N3O3.C17H18ClN3O3.C4H8O.Cl2O2S/c1-4-22-10-5-13(18)21-7-9(10)8-23(17(22)24)16-14(19)11(25-2)6-12(26-3)15(16)20;1-4-20-15-8-16(18)19-9-11(15)10-21(17(20)22)12-5-13(23-2)7-14(6-12)24-3;1-2-4-5-3-1;1-5(2,3)4/h5-7H,4,8H2,1-3H3;5-9H,4,10H2,1-3H3;1-4H2;. The summed E-state index contributed by atoms with van der Waals surface area (Å²) in [4.78, 5) is 40.7. The zero-order chi connectivity index (χ0) is 44.3. The van der Waals surface area contributed by atoms with Gasteiger partial charge in [0.25, 0.3) is 0 Å². The number of hydrogen-bond donors (Lipinski definition) is 0. The molecule has 0 saturated carbocycles. The summed E-state index contributed by atoms with van der Waals surface area (Å²) in [5.74, 6) is 1.97. The van der Waals surface area contributed by atoms with Crippen LogP contribution in [-0.2, 0) is 26.1 Å². The average Bonchev–Trinajstić information content (AvgIpc) is 3.81. The molecule has 2 aromatic carbocycles. The van der Waals surface area contributed by atoms with E-state index in [4.69, 9.17) is 78.5 Å². The SMILES string of the molecule is C1CCOC1.CCN1C(=O)N(c2c(Cl)c(OC)cc(OC)c2Cl)Cc2cnc(Cl)cc21.CCN1C(=O)N(c2cc(OC)cc(OC)c2)Cc2cnc(Cl)cc21.O=S(=O)(Cl)Cl. The smallest absolute Gasteiger partial charge is 0.329 e. The first-order chi connectivity index (χ1) is 28.5. The molecule has 0 N–H and O–H groups in total. The molecule has 0 spiro atoms. The van der Waals surface area contributed by atoms with Crippen molar-refractivity contribution in [2.45, 2.75) is 39.8 Å². The van der Waals surface area contributed by atoms with Gasteiger partial charge in [0.05, 0.1) is 64.3 Å². The Kier molecular flexibility index (Phi) is 18.1. The van der Waals surface area contributed by atoms with Gasteiger partial charge in [0, 0.05) is 95.5 Å². The van der Waals surface area contributed by atoms with Crippen LogP contribution in [0.1, 0.15) is 37.8 Å². The van der Waals surface area contributed by atoms with Crippen LogP contribution in [0, 0.1) is 0 Å². The van der Waals surface area contributed by atoms with E-state index in [2.05, 4.69) is 31.3 Å². The fraction of sp³-hybridized carbons (Fsp3) is 0.368. The summed E-state index contributed by atoms with van der Waals surface area (Å²) in [5.41, 5.74) is 4.31. The van der Waals surface area contributed by atoms with Gasteiger partial charge < -0.3 is 23.7 Å². The Balaban J connectivity index is 0.000000215. The van der Waals surface area contributed by atoms with E-state index in [0.717, 1.165) is 35.7 Å². The Morgan fingerprint density at radius 1 is 0.650 bits per heavy atom. The highest BCUT2D eigenvalue weighted by Crippen LogP contribution is 2.48. The summed E-state index contributed by atoms with van der Waals surface area (Å²) in [5, 5.41) is 1.15. The van der Waals surface area contributed by atoms with Gasteiger partial charge >= 0.3 is 20.3 Å². The average molecular weight is 972 g/mol. The molecule has 0 aliphatic carbocycles. The molecule has 3 aliphatic heterocycles. The van der Waals surface area contributed by atoms with E-state index in [1.54, 1.807) is 65.6 Å². The quantitative estimate of drug-likeness (QED) is 0.122. The number of carbonyl (C=O) groups is 2. The molecule has 60 heavy (non-hydrogen) atoms. The molecule has 0 unspecified atom stereocenters. The molecular weight excluding hydrogens is 929 g/mol. The van der Waals surface area contributed by atoms with Gasteiger partial charge in [-0.15, -0.1) is 0 Å². The van der Waals surface area contributed by atoms with Gasteiger partial charge in [0.2, 0.25) is 0 Å². The van der Waals surface area contributed by atoms with Crippen molar-refractivity contribution < 1.29 is 41.7 Å². The second kappa shape index (κ2) is 22.3. The molecule has 0 bridgehead atoms. The molecule has 5 heterocycles. The number of aromatic nitrogens is 2. The lowest BCUT2D eigenvalue weighted by Crippen LogP contribution is -2.47. The van der Waals surface area contributed by atoms with Gasteiger partial charge in [0.1, 0.15) is 43.3 Å². The van der Waals surface area contributed by atoms with E-state index >= 15 is 0 Å². The number of fused-ring (bicyclic) bond motifs is 2. The second-order valence-corrected chi connectivity index (χ2v) is 17.7. The molecule has 15 nitrogen and oxygen atoms in total. The number of benzene rings is 2. The summed E-state index contributed by atoms with van der Waals surface area (Å²) in [6.07, 6.45) is 5.90. The molecular formula is C38H42Cl6N6O9S. The van der Waals surface area contributed by atoms with Crippen LogP contribution in [0.5, 0.6) is 23.0 Å². The zero-order valence-electron chi connectivity index (χ0n) is 33.3. The van der Waals surface area contributed by atoms with E-state index in [1.165, 1.54) is 32.0 Å². The third kappa shape index (κ3) is 12.4. The van der Waals surface area contributed by atoms with Crippen molar-refractivity contribution in [1.29, 1.82) is 0 Å². The zero-order valence-corrected chi connectivity index (χ0v) is 38.7. The van der Waals surface area contributed by atoms with Crippen LogP contribution in [-0.4, -0.2) is 85.2 Å². The van der Waals surface area contributed by atoms with Gasteiger partial charge in [0.15, 0.2) is 0 Å². The van der Waals surface area contributed by atoms with Gasteiger partial charge in [-0.3, -0.25) is 19.6 Å². The number of urea groups is 2. The number of anilines is 4. The first-order valence-corrected chi connectivity index (χ1v) is 22.7. The number of pyridine rings is 2. The number of hydrogen-bond acceptors (Lipinski definition) is 11. The number of ether oxygens (including phenoxy) is 5. The lowest BCUT2D eigenvalue weighted by molar-refractivity contribution is 0.198. The van der Waals surface area contributed by atoms with E-state index in [0.29, 0.717) is 64.3 Å². The number of methoxy groups -OCH3 is 4. The fourth-order valence-electron chi connectivity index (χ4n) is 6.17. The maximum Gasteiger partial charge on any atom is 0.329 e. The molecule has 0 atom stereocenters. The third-order valence-electron chi connectivity index (χ3n) is 8.95. The predicted molar refractivity (Wildman–Crippen MR) is 237 cm³/mol. The Morgan fingerprint density at radius 3 is 1.43 bits per heavy atom. The van der Waals surface area contributed by atoms with E-state index in [1.807, 2.05) is 26.0 Å². The number of halogens is 6. The second-order valence-electron chi connectivity index (χ2n) is 12.5. The third-order valence-corrected chi connectivity index (χ3v) is 10.1. The summed E-state index contributed by atoms with van der Waals surface area (Å²) in [6.45, 7) is 7.42. The lowest BCUT2D eigenvalue weighted by Gasteiger charge is -2.37. The van der Waals surface area contributed by atoms with Gasteiger partial charge in [-0.2, -0.15) is 8.42 Å². The Morgan fingerprint density at radius 2 is 1.07 bits per heavy atom. The first kappa shape index (κ1) is 48.8. The molecule has 1 fully saturated rings. The van der Waals surface area contributed by atoms with E-state index in [-0.39, 0.29) is 28.7 Å². The van der Waals surface area contributed by atoms with E-state index < -0.39 is 8.26 Å². The molecule has 3 aliphatic rings. The van der Waals surface area contributed by atoms with Crippen LogP contribution < -0.4 is 38.5 Å². The highest BCUT2D eigenvalue weighted by atomic mass is 36.0. The van der Waals surface area contributed by atoms with Crippen LogP contribution in [0.4, 0.5) is 32.3 Å². The molecule has 1 saturated heterocycles. The van der Waals surface area contributed by atoms with Crippen molar-refractivity contribution in [1.82, 2.24) is 9.97 Å². The number of amides is 4. The van der Waals surface area contributed by atoms with Crippen LogP contribution in [0.2, 0.25) is 20.4 Å². The fourth-order valence-corrected chi connectivity index (χ4v) is 7.18. The van der Waals surface area contributed by atoms with Crippen molar-refractivity contribution in [3.05, 3.63) is 80.3 Å². The molecule has 4 aromatic rings. The lowest BCUT2D eigenvalue weighted by atomic mass is 10.1. The Bertz CT molecular complexity index is 2210. The Hall–Kier alpha value is -3.87. The normalized spacial score (nSPS) is 14.4.